The highest BCUT2D eigenvalue weighted by atomic mass is 16.3. The van der Waals surface area contributed by atoms with E-state index in [4.69, 9.17) is 0 Å². The minimum atomic E-state index is 0.0619. The molecule has 0 aromatic heterocycles. The van der Waals surface area contributed by atoms with Gasteiger partial charge in [0.25, 0.3) is 0 Å². The summed E-state index contributed by atoms with van der Waals surface area (Å²) in [4.78, 5) is 10.9. The summed E-state index contributed by atoms with van der Waals surface area (Å²) in [7, 11) is 0. The second kappa shape index (κ2) is 5.54. The third-order valence-electron chi connectivity index (χ3n) is 2.38. The van der Waals surface area contributed by atoms with E-state index in [1.165, 1.54) is 0 Å². The van der Waals surface area contributed by atoms with Gasteiger partial charge in [-0.1, -0.05) is 26.0 Å². The highest BCUT2D eigenvalue weighted by Gasteiger charge is 2.10. The van der Waals surface area contributed by atoms with Crippen molar-refractivity contribution in [3.63, 3.8) is 0 Å². The van der Waals surface area contributed by atoms with Gasteiger partial charge in [0.05, 0.1) is 0 Å². The zero-order valence-corrected chi connectivity index (χ0v) is 9.31. The van der Waals surface area contributed by atoms with Crippen LogP contribution >= 0.6 is 0 Å². The van der Waals surface area contributed by atoms with Crippen LogP contribution < -0.4 is 0 Å². The van der Waals surface area contributed by atoms with Crippen molar-refractivity contribution in [3.05, 3.63) is 29.8 Å². The second-order valence-electron chi connectivity index (χ2n) is 4.40. The summed E-state index contributed by atoms with van der Waals surface area (Å²) < 4.78 is 0. The van der Waals surface area contributed by atoms with Crippen molar-refractivity contribution in [1.82, 2.24) is 0 Å². The molecule has 0 aliphatic rings. The van der Waals surface area contributed by atoms with Crippen LogP contribution in [-0.2, 0) is 11.2 Å². The number of aromatic hydroxyl groups is 1. The summed E-state index contributed by atoms with van der Waals surface area (Å²) in [5.41, 5.74) is 1.02. The molecule has 2 heteroatoms. The second-order valence-corrected chi connectivity index (χ2v) is 4.40. The molecule has 0 aliphatic heterocycles. The highest BCUT2D eigenvalue weighted by Crippen LogP contribution is 2.18. The molecule has 0 fully saturated rings. The SMILES string of the molecule is CC(C)CC(C=O)Cc1cccc(O)c1. The number of aldehydes is 1. The average Bonchev–Trinajstić information content (AvgIpc) is 2.16. The maximum Gasteiger partial charge on any atom is 0.123 e. The number of carbonyl (C=O) groups is 1. The van der Waals surface area contributed by atoms with Crippen LogP contribution in [0, 0.1) is 11.8 Å². The summed E-state index contributed by atoms with van der Waals surface area (Å²) in [5, 5.41) is 9.29. The molecule has 82 valence electrons. The van der Waals surface area contributed by atoms with E-state index in [9.17, 15) is 9.90 Å². The summed E-state index contributed by atoms with van der Waals surface area (Å²) in [5.74, 6) is 0.853. The maximum absolute atomic E-state index is 10.9. The fourth-order valence-electron chi connectivity index (χ4n) is 1.78. The minimum Gasteiger partial charge on any atom is -0.508 e. The summed E-state index contributed by atoms with van der Waals surface area (Å²) >= 11 is 0. The molecule has 0 spiro atoms. The van der Waals surface area contributed by atoms with Crippen molar-refractivity contribution < 1.29 is 9.90 Å². The van der Waals surface area contributed by atoms with Crippen molar-refractivity contribution >= 4 is 6.29 Å². The molecule has 0 saturated carbocycles. The first-order chi connectivity index (χ1) is 7.11. The molecule has 0 saturated heterocycles. The summed E-state index contributed by atoms with van der Waals surface area (Å²) in [6.07, 6.45) is 2.64. The largest absolute Gasteiger partial charge is 0.508 e. The maximum atomic E-state index is 10.9. The Morgan fingerprint density at radius 1 is 1.40 bits per heavy atom. The van der Waals surface area contributed by atoms with Crippen LogP contribution in [-0.4, -0.2) is 11.4 Å². The van der Waals surface area contributed by atoms with E-state index in [2.05, 4.69) is 13.8 Å². The van der Waals surface area contributed by atoms with Crippen molar-refractivity contribution in [2.45, 2.75) is 26.7 Å². The van der Waals surface area contributed by atoms with Gasteiger partial charge >= 0.3 is 0 Å². The van der Waals surface area contributed by atoms with Crippen LogP contribution in [0.2, 0.25) is 0 Å². The first-order valence-corrected chi connectivity index (χ1v) is 5.35. The van der Waals surface area contributed by atoms with Crippen LogP contribution in [0.4, 0.5) is 0 Å². The van der Waals surface area contributed by atoms with Gasteiger partial charge in [-0.25, -0.2) is 0 Å². The van der Waals surface area contributed by atoms with E-state index in [-0.39, 0.29) is 11.7 Å². The van der Waals surface area contributed by atoms with Crippen molar-refractivity contribution in [2.24, 2.45) is 11.8 Å². The minimum absolute atomic E-state index is 0.0619. The third kappa shape index (κ3) is 4.15. The van der Waals surface area contributed by atoms with Gasteiger partial charge in [0.1, 0.15) is 12.0 Å². The average molecular weight is 206 g/mol. The van der Waals surface area contributed by atoms with Gasteiger partial charge in [-0.3, -0.25) is 0 Å². The first-order valence-electron chi connectivity index (χ1n) is 5.35. The molecule has 1 atom stereocenters. The Morgan fingerprint density at radius 3 is 2.67 bits per heavy atom. The normalized spacial score (nSPS) is 12.7. The Balaban J connectivity index is 2.62. The molecule has 15 heavy (non-hydrogen) atoms. The van der Waals surface area contributed by atoms with Gasteiger partial charge in [-0.05, 0) is 36.5 Å². The number of benzene rings is 1. The molecule has 1 aromatic carbocycles. The van der Waals surface area contributed by atoms with Crippen molar-refractivity contribution in [3.8, 4) is 5.75 Å². The van der Waals surface area contributed by atoms with Crippen LogP contribution in [0.25, 0.3) is 0 Å². The Morgan fingerprint density at radius 2 is 2.13 bits per heavy atom. The number of carbonyl (C=O) groups excluding carboxylic acids is 1. The van der Waals surface area contributed by atoms with E-state index in [1.54, 1.807) is 12.1 Å². The lowest BCUT2D eigenvalue weighted by atomic mass is 9.92. The Labute approximate surface area is 90.9 Å². The van der Waals surface area contributed by atoms with Crippen molar-refractivity contribution in [2.75, 3.05) is 0 Å². The van der Waals surface area contributed by atoms with Gasteiger partial charge in [0.15, 0.2) is 0 Å². The molecular weight excluding hydrogens is 188 g/mol. The Hall–Kier alpha value is -1.31. The topological polar surface area (TPSA) is 37.3 Å². The van der Waals surface area contributed by atoms with E-state index >= 15 is 0 Å². The summed E-state index contributed by atoms with van der Waals surface area (Å²) in [6.45, 7) is 4.22. The van der Waals surface area contributed by atoms with Crippen LogP contribution in [0.1, 0.15) is 25.8 Å². The predicted octanol–water partition coefficient (Wildman–Crippen LogP) is 2.80. The van der Waals surface area contributed by atoms with E-state index in [1.807, 2.05) is 12.1 Å². The molecular formula is C13H18O2. The highest BCUT2D eigenvalue weighted by molar-refractivity contribution is 5.54. The fraction of sp³-hybridized carbons (Fsp3) is 0.462. The molecule has 1 N–H and O–H groups in total. The zero-order chi connectivity index (χ0) is 11.3. The lowest BCUT2D eigenvalue weighted by Gasteiger charge is -2.12. The Bertz CT molecular complexity index is 318. The fourth-order valence-corrected chi connectivity index (χ4v) is 1.78. The Kier molecular flexibility index (Phi) is 4.35. The standard InChI is InChI=1S/C13H18O2/c1-10(2)6-12(9-14)7-11-4-3-5-13(15)8-11/h3-5,8-10,12,15H,6-7H2,1-2H3. The molecule has 0 heterocycles. The molecule has 0 bridgehead atoms. The smallest absolute Gasteiger partial charge is 0.123 e. The quantitative estimate of drug-likeness (QED) is 0.752. The van der Waals surface area contributed by atoms with Gasteiger partial charge in [0.2, 0.25) is 0 Å². The lowest BCUT2D eigenvalue weighted by molar-refractivity contribution is -0.111. The van der Waals surface area contributed by atoms with E-state index < -0.39 is 0 Å². The van der Waals surface area contributed by atoms with Crippen LogP contribution in [0.15, 0.2) is 24.3 Å². The van der Waals surface area contributed by atoms with Crippen LogP contribution in [0.5, 0.6) is 5.75 Å². The molecule has 2 nitrogen and oxygen atoms in total. The molecule has 1 unspecified atom stereocenters. The zero-order valence-electron chi connectivity index (χ0n) is 9.31. The van der Waals surface area contributed by atoms with Gasteiger partial charge in [-0.15, -0.1) is 0 Å². The first kappa shape index (κ1) is 11.8. The van der Waals surface area contributed by atoms with Crippen molar-refractivity contribution in [1.29, 1.82) is 0 Å². The number of phenols is 1. The summed E-state index contributed by atoms with van der Waals surface area (Å²) in [6, 6.07) is 7.11. The van der Waals surface area contributed by atoms with E-state index in [0.717, 1.165) is 24.7 Å². The van der Waals surface area contributed by atoms with Gasteiger partial charge in [0, 0.05) is 5.92 Å². The predicted molar refractivity (Wildman–Crippen MR) is 60.8 cm³/mol. The molecule has 1 rings (SSSR count). The van der Waals surface area contributed by atoms with E-state index in [0.29, 0.717) is 5.92 Å². The number of rotatable bonds is 5. The van der Waals surface area contributed by atoms with Crippen LogP contribution in [0.3, 0.4) is 0 Å². The number of hydrogen-bond acceptors (Lipinski definition) is 2. The lowest BCUT2D eigenvalue weighted by Crippen LogP contribution is -2.09. The molecule has 0 aliphatic carbocycles. The molecule has 0 radical (unpaired) electrons. The number of phenolic OH excluding ortho intramolecular Hbond substituents is 1. The number of hydrogen-bond donors (Lipinski definition) is 1. The molecule has 1 aromatic rings. The van der Waals surface area contributed by atoms with Gasteiger partial charge < -0.3 is 9.90 Å². The molecule has 0 amide bonds. The monoisotopic (exact) mass is 206 g/mol. The third-order valence-corrected chi connectivity index (χ3v) is 2.38. The van der Waals surface area contributed by atoms with Gasteiger partial charge in [-0.2, -0.15) is 0 Å².